The van der Waals surface area contributed by atoms with Gasteiger partial charge in [-0.05, 0) is 34.6 Å². The number of hydrogen-bond acceptors (Lipinski definition) is 4. The van der Waals surface area contributed by atoms with Crippen LogP contribution in [0.25, 0.3) is 11.8 Å². The van der Waals surface area contributed by atoms with Crippen molar-refractivity contribution in [1.29, 1.82) is 0 Å². The summed E-state index contributed by atoms with van der Waals surface area (Å²) in [5, 5.41) is 14.3. The molecule has 1 heterocycles. The second kappa shape index (κ2) is 7.32. The third kappa shape index (κ3) is 3.73. The van der Waals surface area contributed by atoms with Gasteiger partial charge in [-0.25, -0.2) is 0 Å². The number of nitrogens with zero attached hydrogens (tertiary/aromatic N) is 4. The topological polar surface area (TPSA) is 72.7 Å². The van der Waals surface area contributed by atoms with Crippen molar-refractivity contribution in [3.8, 4) is 0 Å². The normalized spacial score (nSPS) is 11.3. The Balaban J connectivity index is 1.86. The third-order valence-electron chi connectivity index (χ3n) is 3.49. The first-order valence-electron chi connectivity index (χ1n) is 7.58. The zero-order chi connectivity index (χ0) is 16.8. The Morgan fingerprint density at radius 2 is 1.75 bits per heavy atom. The maximum atomic E-state index is 12.7. The molecule has 0 atom stereocenters. The molecule has 0 spiro atoms. The predicted molar refractivity (Wildman–Crippen MR) is 91.5 cm³/mol. The van der Waals surface area contributed by atoms with Crippen LogP contribution >= 0.6 is 0 Å². The number of nitrogens with one attached hydrogen (secondary N) is 1. The van der Waals surface area contributed by atoms with Crippen molar-refractivity contribution in [3.63, 3.8) is 0 Å². The SMILES string of the molecule is Cc1nnnn1/C(=C\c1ccccc1)C(=O)NCc1ccccc1. The third-order valence-corrected chi connectivity index (χ3v) is 3.49. The summed E-state index contributed by atoms with van der Waals surface area (Å²) in [5.74, 6) is 0.310. The minimum atomic E-state index is -0.238. The first kappa shape index (κ1) is 15.6. The Hall–Kier alpha value is -3.28. The van der Waals surface area contributed by atoms with Crippen molar-refractivity contribution in [2.45, 2.75) is 13.5 Å². The highest BCUT2D eigenvalue weighted by atomic mass is 16.2. The Labute approximate surface area is 139 Å². The van der Waals surface area contributed by atoms with Gasteiger partial charge in [-0.15, -0.1) is 5.10 Å². The van der Waals surface area contributed by atoms with E-state index in [-0.39, 0.29) is 5.91 Å². The maximum Gasteiger partial charge on any atom is 0.270 e. The molecule has 1 aromatic heterocycles. The number of aromatic nitrogens is 4. The van der Waals surface area contributed by atoms with Gasteiger partial charge in [0.1, 0.15) is 5.70 Å². The summed E-state index contributed by atoms with van der Waals surface area (Å²) in [6, 6.07) is 19.3. The highest BCUT2D eigenvalue weighted by Gasteiger charge is 2.15. The molecule has 0 saturated carbocycles. The molecule has 2 aromatic carbocycles. The van der Waals surface area contributed by atoms with E-state index in [0.717, 1.165) is 11.1 Å². The lowest BCUT2D eigenvalue weighted by Crippen LogP contribution is -2.27. The highest BCUT2D eigenvalue weighted by Crippen LogP contribution is 2.12. The molecule has 0 fully saturated rings. The van der Waals surface area contributed by atoms with E-state index in [4.69, 9.17) is 0 Å². The number of aryl methyl sites for hydroxylation is 1. The summed E-state index contributed by atoms with van der Waals surface area (Å²) >= 11 is 0. The average molecular weight is 319 g/mol. The van der Waals surface area contributed by atoms with Crippen LogP contribution < -0.4 is 5.32 Å². The zero-order valence-electron chi connectivity index (χ0n) is 13.3. The van der Waals surface area contributed by atoms with Crippen LogP contribution in [0.3, 0.4) is 0 Å². The van der Waals surface area contributed by atoms with Crippen molar-refractivity contribution >= 4 is 17.7 Å². The second-order valence-corrected chi connectivity index (χ2v) is 5.25. The van der Waals surface area contributed by atoms with E-state index in [9.17, 15) is 4.79 Å². The van der Waals surface area contributed by atoms with Crippen LogP contribution in [-0.4, -0.2) is 26.1 Å². The summed E-state index contributed by atoms with van der Waals surface area (Å²) in [5.41, 5.74) is 2.30. The van der Waals surface area contributed by atoms with Crippen LogP contribution in [0, 0.1) is 6.92 Å². The van der Waals surface area contributed by atoms with Crippen LogP contribution in [0.2, 0.25) is 0 Å². The van der Waals surface area contributed by atoms with Crippen LogP contribution in [0.5, 0.6) is 0 Å². The smallest absolute Gasteiger partial charge is 0.270 e. The van der Waals surface area contributed by atoms with Gasteiger partial charge in [-0.1, -0.05) is 60.7 Å². The molecule has 1 N–H and O–H groups in total. The van der Waals surface area contributed by atoms with E-state index in [2.05, 4.69) is 20.8 Å². The molecule has 6 heteroatoms. The summed E-state index contributed by atoms with van der Waals surface area (Å²) in [4.78, 5) is 12.7. The van der Waals surface area contributed by atoms with Gasteiger partial charge in [0.05, 0.1) is 0 Å². The van der Waals surface area contributed by atoms with Crippen molar-refractivity contribution in [2.24, 2.45) is 0 Å². The number of tetrazole rings is 1. The lowest BCUT2D eigenvalue weighted by atomic mass is 10.2. The Kier molecular flexibility index (Phi) is 4.76. The Morgan fingerprint density at radius 1 is 1.08 bits per heavy atom. The number of amides is 1. The quantitative estimate of drug-likeness (QED) is 0.732. The van der Waals surface area contributed by atoms with Gasteiger partial charge in [-0.2, -0.15) is 4.68 Å². The molecule has 3 aromatic rings. The van der Waals surface area contributed by atoms with Crippen molar-refractivity contribution in [2.75, 3.05) is 0 Å². The molecule has 0 radical (unpaired) electrons. The van der Waals surface area contributed by atoms with Crippen molar-refractivity contribution in [3.05, 3.63) is 77.6 Å². The number of carbonyl (C=O) groups excluding carboxylic acids is 1. The second-order valence-electron chi connectivity index (χ2n) is 5.25. The molecule has 3 rings (SSSR count). The molecule has 0 bridgehead atoms. The fraction of sp³-hybridized carbons (Fsp3) is 0.111. The maximum absolute atomic E-state index is 12.7. The van der Waals surface area contributed by atoms with Crippen molar-refractivity contribution in [1.82, 2.24) is 25.5 Å². The summed E-state index contributed by atoms with van der Waals surface area (Å²) in [7, 11) is 0. The lowest BCUT2D eigenvalue weighted by molar-refractivity contribution is -0.116. The van der Waals surface area contributed by atoms with Crippen molar-refractivity contribution < 1.29 is 4.79 Å². The van der Waals surface area contributed by atoms with E-state index in [1.54, 1.807) is 13.0 Å². The van der Waals surface area contributed by atoms with Gasteiger partial charge in [0.25, 0.3) is 5.91 Å². The van der Waals surface area contributed by atoms with Crippen LogP contribution in [0.1, 0.15) is 17.0 Å². The molecule has 0 aliphatic rings. The Morgan fingerprint density at radius 3 is 2.38 bits per heavy atom. The fourth-order valence-corrected chi connectivity index (χ4v) is 2.25. The molecular weight excluding hydrogens is 302 g/mol. The van der Waals surface area contributed by atoms with E-state index in [0.29, 0.717) is 18.1 Å². The predicted octanol–water partition coefficient (Wildman–Crippen LogP) is 2.30. The Bertz CT molecular complexity index is 840. The highest BCUT2D eigenvalue weighted by molar-refractivity contribution is 6.18. The number of carbonyl (C=O) groups is 1. The summed E-state index contributed by atoms with van der Waals surface area (Å²) < 4.78 is 1.44. The van der Waals surface area contributed by atoms with Crippen LogP contribution in [0.4, 0.5) is 0 Å². The standard InChI is InChI=1S/C18H17N5O/c1-14-20-21-22-23(14)17(12-15-8-4-2-5-9-15)18(24)19-13-16-10-6-3-7-11-16/h2-12H,13H2,1H3,(H,19,24)/b17-12-. The minimum Gasteiger partial charge on any atom is -0.347 e. The fourth-order valence-electron chi connectivity index (χ4n) is 2.25. The van der Waals surface area contributed by atoms with E-state index in [1.807, 2.05) is 60.7 Å². The first-order chi connectivity index (χ1) is 11.7. The summed E-state index contributed by atoms with van der Waals surface area (Å²) in [6.07, 6.45) is 1.77. The monoisotopic (exact) mass is 319 g/mol. The van der Waals surface area contributed by atoms with Gasteiger partial charge >= 0.3 is 0 Å². The zero-order valence-corrected chi connectivity index (χ0v) is 13.3. The lowest BCUT2D eigenvalue weighted by Gasteiger charge is -2.10. The molecule has 6 nitrogen and oxygen atoms in total. The molecule has 120 valence electrons. The van der Waals surface area contributed by atoms with Gasteiger partial charge in [0.2, 0.25) is 0 Å². The first-order valence-corrected chi connectivity index (χ1v) is 7.58. The molecule has 1 amide bonds. The molecule has 0 saturated heterocycles. The molecule has 0 unspecified atom stereocenters. The van der Waals surface area contributed by atoms with Gasteiger partial charge in [0.15, 0.2) is 5.82 Å². The molecule has 24 heavy (non-hydrogen) atoms. The van der Waals surface area contributed by atoms with Crippen LogP contribution in [0.15, 0.2) is 60.7 Å². The van der Waals surface area contributed by atoms with Gasteiger partial charge in [-0.3, -0.25) is 4.79 Å². The van der Waals surface area contributed by atoms with Crippen LogP contribution in [-0.2, 0) is 11.3 Å². The van der Waals surface area contributed by atoms with Gasteiger partial charge in [0, 0.05) is 6.54 Å². The van der Waals surface area contributed by atoms with E-state index >= 15 is 0 Å². The minimum absolute atomic E-state index is 0.238. The number of hydrogen-bond donors (Lipinski definition) is 1. The number of rotatable bonds is 5. The molecule has 0 aliphatic carbocycles. The number of benzene rings is 2. The largest absolute Gasteiger partial charge is 0.347 e. The van der Waals surface area contributed by atoms with Gasteiger partial charge < -0.3 is 5.32 Å². The molecule has 0 aliphatic heterocycles. The van der Waals surface area contributed by atoms with E-state index in [1.165, 1.54) is 4.68 Å². The molecular formula is C18H17N5O. The van der Waals surface area contributed by atoms with E-state index < -0.39 is 0 Å². The average Bonchev–Trinajstić information content (AvgIpc) is 3.05. The summed E-state index contributed by atoms with van der Waals surface area (Å²) in [6.45, 7) is 2.19.